The van der Waals surface area contributed by atoms with E-state index in [2.05, 4.69) is 32.3 Å². The van der Waals surface area contributed by atoms with Gasteiger partial charge in [0, 0.05) is 67.1 Å². The Morgan fingerprint density at radius 3 is 2.62 bits per heavy atom. The summed E-state index contributed by atoms with van der Waals surface area (Å²) in [4.78, 5) is 28.8. The Balaban J connectivity index is 1.46. The first-order valence-electron chi connectivity index (χ1n) is 11.4. The van der Waals surface area contributed by atoms with Gasteiger partial charge in [-0.2, -0.15) is 0 Å². The highest BCUT2D eigenvalue weighted by Gasteiger charge is 2.23. The second kappa shape index (κ2) is 8.98. The third-order valence-electron chi connectivity index (χ3n) is 6.47. The van der Waals surface area contributed by atoms with Crippen LogP contribution in [0.1, 0.15) is 32.1 Å². The van der Waals surface area contributed by atoms with Crippen LogP contribution in [0.15, 0.2) is 42.9 Å². The van der Waals surface area contributed by atoms with E-state index in [1.54, 1.807) is 6.20 Å². The summed E-state index contributed by atoms with van der Waals surface area (Å²) in [5.41, 5.74) is 1.88. The van der Waals surface area contributed by atoms with Gasteiger partial charge in [0.2, 0.25) is 0 Å². The fourth-order valence-electron chi connectivity index (χ4n) is 4.70. The number of amides is 1. The van der Waals surface area contributed by atoms with Crippen LogP contribution in [0.25, 0.3) is 22.0 Å². The normalized spacial score (nSPS) is 17.5. The fraction of sp³-hybridized carbons (Fsp3) is 0.417. The number of nitrogens with zero attached hydrogens (tertiary/aromatic N) is 5. The van der Waals surface area contributed by atoms with Gasteiger partial charge in [0.25, 0.3) is 0 Å². The average Bonchev–Trinajstić information content (AvgIpc) is 2.84. The van der Waals surface area contributed by atoms with Gasteiger partial charge in [0.1, 0.15) is 11.6 Å². The molecule has 4 heterocycles. The van der Waals surface area contributed by atoms with Crippen LogP contribution in [-0.4, -0.2) is 63.3 Å². The van der Waals surface area contributed by atoms with E-state index in [0.29, 0.717) is 32.2 Å². The minimum absolute atomic E-state index is 0.471. The molecule has 166 valence electrons. The molecule has 3 aromatic heterocycles. The maximum Gasteiger partial charge on any atom is 0.407 e. The van der Waals surface area contributed by atoms with Gasteiger partial charge in [-0.15, -0.1) is 0 Å². The van der Waals surface area contributed by atoms with Crippen molar-refractivity contribution in [2.24, 2.45) is 0 Å². The molecule has 3 aromatic rings. The molecule has 0 unspecified atom stereocenters. The molecule has 0 bridgehead atoms. The summed E-state index contributed by atoms with van der Waals surface area (Å²) in [5, 5.41) is 14.9. The number of nitrogens with one attached hydrogen (secondary N) is 1. The number of piperazine rings is 1. The van der Waals surface area contributed by atoms with Gasteiger partial charge in [-0.05, 0) is 37.1 Å². The second-order valence-corrected chi connectivity index (χ2v) is 8.59. The monoisotopic (exact) mass is 432 g/mol. The summed E-state index contributed by atoms with van der Waals surface area (Å²) in [5.74, 6) is 1.77. The summed E-state index contributed by atoms with van der Waals surface area (Å²) in [6.45, 7) is 2.17. The standard InChI is InChI=1S/C24H28N6O2/c31-24(32)30-12-10-29(11-13-30)23-20-7-8-25-16-18(20)14-21(28-23)17-6-9-26-22(15-17)27-19-4-2-1-3-5-19/h6-9,14-16,19H,1-5,10-13H2,(H,26,27)(H,31,32). The van der Waals surface area contributed by atoms with Crippen LogP contribution < -0.4 is 10.2 Å². The Labute approximate surface area is 187 Å². The van der Waals surface area contributed by atoms with Crippen molar-refractivity contribution in [3.05, 3.63) is 42.9 Å². The second-order valence-electron chi connectivity index (χ2n) is 8.59. The predicted octanol–water partition coefficient (Wildman–Crippen LogP) is 4.24. The first-order chi connectivity index (χ1) is 15.7. The van der Waals surface area contributed by atoms with Crippen molar-refractivity contribution in [2.45, 2.75) is 38.1 Å². The number of carbonyl (C=O) groups is 1. The first kappa shape index (κ1) is 20.5. The molecule has 0 radical (unpaired) electrons. The zero-order valence-electron chi connectivity index (χ0n) is 18.1. The Morgan fingerprint density at radius 2 is 1.84 bits per heavy atom. The van der Waals surface area contributed by atoms with Gasteiger partial charge in [0.15, 0.2) is 0 Å². The number of fused-ring (bicyclic) bond motifs is 1. The Hall–Kier alpha value is -3.42. The maximum absolute atomic E-state index is 11.3. The number of hydrogen-bond donors (Lipinski definition) is 2. The van der Waals surface area contributed by atoms with Crippen LogP contribution >= 0.6 is 0 Å². The van der Waals surface area contributed by atoms with Crippen molar-refractivity contribution in [3.8, 4) is 11.3 Å². The minimum atomic E-state index is -0.866. The van der Waals surface area contributed by atoms with Crippen LogP contribution in [0.2, 0.25) is 0 Å². The van der Waals surface area contributed by atoms with Gasteiger partial charge in [-0.25, -0.2) is 14.8 Å². The molecule has 5 rings (SSSR count). The molecule has 8 nitrogen and oxygen atoms in total. The Kier molecular flexibility index (Phi) is 5.75. The highest BCUT2D eigenvalue weighted by atomic mass is 16.4. The summed E-state index contributed by atoms with van der Waals surface area (Å²) in [6, 6.07) is 8.60. The summed E-state index contributed by atoms with van der Waals surface area (Å²) < 4.78 is 0. The molecule has 2 aliphatic rings. The number of aromatic nitrogens is 3. The molecule has 0 spiro atoms. The predicted molar refractivity (Wildman–Crippen MR) is 125 cm³/mol. The summed E-state index contributed by atoms with van der Waals surface area (Å²) in [6.07, 6.45) is 10.9. The maximum atomic E-state index is 11.3. The van der Waals surface area contributed by atoms with Crippen molar-refractivity contribution in [1.82, 2.24) is 19.9 Å². The van der Waals surface area contributed by atoms with Gasteiger partial charge in [-0.3, -0.25) is 4.98 Å². The molecule has 2 fully saturated rings. The zero-order chi connectivity index (χ0) is 21.9. The molecule has 8 heteroatoms. The van der Waals surface area contributed by atoms with E-state index < -0.39 is 6.09 Å². The van der Waals surface area contributed by atoms with Crippen LogP contribution in [0.5, 0.6) is 0 Å². The number of hydrogen-bond acceptors (Lipinski definition) is 6. The largest absolute Gasteiger partial charge is 0.465 e. The van der Waals surface area contributed by atoms with Crippen molar-refractivity contribution in [3.63, 3.8) is 0 Å². The lowest BCUT2D eigenvalue weighted by atomic mass is 9.95. The minimum Gasteiger partial charge on any atom is -0.465 e. The third kappa shape index (κ3) is 4.30. The number of pyridine rings is 3. The smallest absolute Gasteiger partial charge is 0.407 e. The van der Waals surface area contributed by atoms with Gasteiger partial charge in [-0.1, -0.05) is 19.3 Å². The zero-order valence-corrected chi connectivity index (χ0v) is 18.1. The molecule has 1 aliphatic heterocycles. The highest BCUT2D eigenvalue weighted by molar-refractivity contribution is 5.94. The molecular formula is C24H28N6O2. The Bertz CT molecular complexity index is 1110. The number of anilines is 2. The fourth-order valence-corrected chi connectivity index (χ4v) is 4.70. The molecule has 32 heavy (non-hydrogen) atoms. The van der Waals surface area contributed by atoms with Crippen molar-refractivity contribution in [1.29, 1.82) is 0 Å². The van der Waals surface area contributed by atoms with E-state index in [-0.39, 0.29) is 0 Å². The van der Waals surface area contributed by atoms with E-state index in [1.807, 2.05) is 24.5 Å². The lowest BCUT2D eigenvalue weighted by molar-refractivity contribution is 0.142. The summed E-state index contributed by atoms with van der Waals surface area (Å²) in [7, 11) is 0. The molecule has 0 atom stereocenters. The van der Waals surface area contributed by atoms with E-state index in [9.17, 15) is 9.90 Å². The highest BCUT2D eigenvalue weighted by Crippen LogP contribution is 2.31. The number of carboxylic acid groups (broad SMARTS) is 1. The van der Waals surface area contributed by atoms with E-state index in [4.69, 9.17) is 4.98 Å². The van der Waals surface area contributed by atoms with E-state index >= 15 is 0 Å². The average molecular weight is 433 g/mol. The lowest BCUT2D eigenvalue weighted by Gasteiger charge is -2.34. The first-order valence-corrected chi connectivity index (χ1v) is 11.4. The molecule has 1 amide bonds. The third-order valence-corrected chi connectivity index (χ3v) is 6.47. The van der Waals surface area contributed by atoms with Gasteiger partial charge >= 0.3 is 6.09 Å². The van der Waals surface area contributed by atoms with Crippen molar-refractivity contribution < 1.29 is 9.90 Å². The van der Waals surface area contributed by atoms with Gasteiger partial charge < -0.3 is 20.2 Å². The topological polar surface area (TPSA) is 94.5 Å². The van der Waals surface area contributed by atoms with E-state index in [1.165, 1.54) is 37.0 Å². The van der Waals surface area contributed by atoms with Crippen molar-refractivity contribution in [2.75, 3.05) is 36.4 Å². The quantitative estimate of drug-likeness (QED) is 0.637. The van der Waals surface area contributed by atoms with Crippen LogP contribution in [0.4, 0.5) is 16.4 Å². The molecule has 2 N–H and O–H groups in total. The summed E-state index contributed by atoms with van der Waals surface area (Å²) >= 11 is 0. The lowest BCUT2D eigenvalue weighted by Crippen LogP contribution is -2.48. The van der Waals surface area contributed by atoms with E-state index in [0.717, 1.165) is 33.7 Å². The van der Waals surface area contributed by atoms with Crippen LogP contribution in [-0.2, 0) is 0 Å². The molecule has 1 saturated heterocycles. The number of rotatable bonds is 4. The Morgan fingerprint density at radius 1 is 1.03 bits per heavy atom. The van der Waals surface area contributed by atoms with Crippen LogP contribution in [0.3, 0.4) is 0 Å². The molecule has 1 saturated carbocycles. The van der Waals surface area contributed by atoms with Crippen molar-refractivity contribution >= 4 is 28.5 Å². The molecule has 0 aromatic carbocycles. The molecular weight excluding hydrogens is 404 g/mol. The molecule has 1 aliphatic carbocycles. The van der Waals surface area contributed by atoms with Gasteiger partial charge in [0.05, 0.1) is 5.69 Å². The SMILES string of the molecule is O=C(O)N1CCN(c2nc(-c3ccnc(NC4CCCCC4)c3)cc3cnccc23)CC1. The van der Waals surface area contributed by atoms with Crippen LogP contribution in [0, 0.1) is 0 Å².